The highest BCUT2D eigenvalue weighted by molar-refractivity contribution is 7.99. The van der Waals surface area contributed by atoms with Crippen molar-refractivity contribution in [1.29, 1.82) is 0 Å². The molecule has 1 N–H and O–H groups in total. The molecule has 1 unspecified atom stereocenters. The third-order valence-corrected chi connectivity index (χ3v) is 3.83. The van der Waals surface area contributed by atoms with Crippen LogP contribution in [0.3, 0.4) is 0 Å². The lowest BCUT2D eigenvalue weighted by molar-refractivity contribution is 0.200. The first-order valence-electron chi connectivity index (χ1n) is 5.85. The van der Waals surface area contributed by atoms with Gasteiger partial charge in [-0.15, -0.1) is 0 Å². The van der Waals surface area contributed by atoms with Crippen LogP contribution in [0.4, 0.5) is 0 Å². The van der Waals surface area contributed by atoms with E-state index >= 15 is 0 Å². The minimum absolute atomic E-state index is 0.229. The van der Waals surface area contributed by atoms with Crippen LogP contribution in [-0.2, 0) is 6.42 Å². The second-order valence-corrected chi connectivity index (χ2v) is 6.28. The van der Waals surface area contributed by atoms with Crippen LogP contribution in [0.2, 0.25) is 0 Å². The van der Waals surface area contributed by atoms with Gasteiger partial charge in [0, 0.05) is 5.75 Å². The fourth-order valence-electron chi connectivity index (χ4n) is 1.64. The average Bonchev–Trinajstić information content (AvgIpc) is 2.20. The molecule has 1 aromatic carbocycles. The van der Waals surface area contributed by atoms with Crippen molar-refractivity contribution in [1.82, 2.24) is 0 Å². The molecule has 2 heteroatoms. The normalized spacial score (nSPS) is 13.1. The third kappa shape index (κ3) is 4.58. The lowest BCUT2D eigenvalue weighted by Gasteiger charge is -2.14. The zero-order valence-electron chi connectivity index (χ0n) is 10.7. The molecule has 16 heavy (non-hydrogen) atoms. The van der Waals surface area contributed by atoms with Crippen LogP contribution in [-0.4, -0.2) is 22.2 Å². The molecule has 0 aliphatic rings. The summed E-state index contributed by atoms with van der Waals surface area (Å²) in [5, 5.41) is 10.5. The van der Waals surface area contributed by atoms with Crippen molar-refractivity contribution < 1.29 is 5.11 Å². The third-order valence-electron chi connectivity index (χ3n) is 2.58. The average molecular weight is 238 g/mol. The highest BCUT2D eigenvalue weighted by Crippen LogP contribution is 2.16. The van der Waals surface area contributed by atoms with Crippen LogP contribution in [0.1, 0.15) is 30.5 Å². The van der Waals surface area contributed by atoms with Gasteiger partial charge in [-0.3, -0.25) is 0 Å². The molecule has 0 aliphatic heterocycles. The van der Waals surface area contributed by atoms with Crippen LogP contribution in [0.5, 0.6) is 0 Å². The summed E-state index contributed by atoms with van der Waals surface area (Å²) in [6, 6.07) is 6.43. The molecule has 1 rings (SSSR count). The predicted molar refractivity (Wildman–Crippen MR) is 73.2 cm³/mol. The first kappa shape index (κ1) is 13.6. The first-order valence-corrected chi connectivity index (χ1v) is 6.89. The van der Waals surface area contributed by atoms with Crippen molar-refractivity contribution in [3.63, 3.8) is 0 Å². The van der Waals surface area contributed by atoms with Crippen LogP contribution < -0.4 is 0 Å². The van der Waals surface area contributed by atoms with Gasteiger partial charge in [0.2, 0.25) is 0 Å². The van der Waals surface area contributed by atoms with Crippen molar-refractivity contribution in [3.8, 4) is 0 Å². The Balaban J connectivity index is 2.55. The molecule has 0 fully saturated rings. The smallest absolute Gasteiger partial charge is 0.0671 e. The maximum atomic E-state index is 9.95. The monoisotopic (exact) mass is 238 g/mol. The summed E-state index contributed by atoms with van der Waals surface area (Å²) >= 11 is 1.82. The quantitative estimate of drug-likeness (QED) is 0.849. The molecule has 1 aromatic rings. The number of hydrogen-bond donors (Lipinski definition) is 1. The molecule has 0 aromatic heterocycles. The van der Waals surface area contributed by atoms with Crippen molar-refractivity contribution in [2.24, 2.45) is 0 Å². The molecule has 0 radical (unpaired) electrons. The Morgan fingerprint density at radius 1 is 1.25 bits per heavy atom. The van der Waals surface area contributed by atoms with E-state index in [1.54, 1.807) is 0 Å². The van der Waals surface area contributed by atoms with E-state index in [1.165, 1.54) is 16.7 Å². The largest absolute Gasteiger partial charge is 0.392 e. The van der Waals surface area contributed by atoms with Gasteiger partial charge in [-0.2, -0.15) is 11.8 Å². The number of aliphatic hydroxyl groups is 1. The van der Waals surface area contributed by atoms with E-state index in [2.05, 4.69) is 45.9 Å². The lowest BCUT2D eigenvalue weighted by Crippen LogP contribution is -2.15. The van der Waals surface area contributed by atoms with Gasteiger partial charge in [0.15, 0.2) is 0 Å². The molecule has 0 aliphatic carbocycles. The number of thioether (sulfide) groups is 1. The minimum Gasteiger partial charge on any atom is -0.392 e. The Hall–Kier alpha value is -0.470. The van der Waals surface area contributed by atoms with Crippen LogP contribution in [0, 0.1) is 13.8 Å². The van der Waals surface area contributed by atoms with E-state index in [0.29, 0.717) is 5.25 Å². The molecule has 90 valence electrons. The molecule has 0 heterocycles. The van der Waals surface area contributed by atoms with Gasteiger partial charge in [-0.1, -0.05) is 37.6 Å². The Labute approximate surface area is 103 Å². The standard InChI is InChI=1S/C14H22OS/c1-10(2)16-9-14(15)8-13-7-11(3)5-6-12(13)4/h5-7,10,14-15H,8-9H2,1-4H3. The summed E-state index contributed by atoms with van der Waals surface area (Å²) in [7, 11) is 0. The Morgan fingerprint density at radius 3 is 2.56 bits per heavy atom. The van der Waals surface area contributed by atoms with E-state index in [1.807, 2.05) is 11.8 Å². The van der Waals surface area contributed by atoms with E-state index in [9.17, 15) is 5.11 Å². The zero-order valence-corrected chi connectivity index (χ0v) is 11.5. The maximum Gasteiger partial charge on any atom is 0.0671 e. The highest BCUT2D eigenvalue weighted by atomic mass is 32.2. The predicted octanol–water partition coefficient (Wildman–Crippen LogP) is 3.35. The molecule has 0 spiro atoms. The van der Waals surface area contributed by atoms with Gasteiger partial charge >= 0.3 is 0 Å². The van der Waals surface area contributed by atoms with Gasteiger partial charge < -0.3 is 5.11 Å². The molecule has 1 nitrogen and oxygen atoms in total. The van der Waals surface area contributed by atoms with Crippen LogP contribution >= 0.6 is 11.8 Å². The van der Waals surface area contributed by atoms with Crippen molar-refractivity contribution >= 4 is 11.8 Å². The zero-order chi connectivity index (χ0) is 12.1. The Morgan fingerprint density at radius 2 is 1.94 bits per heavy atom. The second kappa shape index (κ2) is 6.31. The van der Waals surface area contributed by atoms with Crippen molar-refractivity contribution in [2.45, 2.75) is 45.5 Å². The molecule has 0 amide bonds. The maximum absolute atomic E-state index is 9.95. The summed E-state index contributed by atoms with van der Waals surface area (Å²) in [6.45, 7) is 8.53. The van der Waals surface area contributed by atoms with E-state index < -0.39 is 0 Å². The summed E-state index contributed by atoms with van der Waals surface area (Å²) in [6.07, 6.45) is 0.542. The van der Waals surface area contributed by atoms with Gasteiger partial charge in [-0.25, -0.2) is 0 Å². The summed E-state index contributed by atoms with van der Waals surface area (Å²) in [5.74, 6) is 0.824. The number of hydrogen-bond acceptors (Lipinski definition) is 2. The van der Waals surface area contributed by atoms with Gasteiger partial charge in [0.1, 0.15) is 0 Å². The van der Waals surface area contributed by atoms with Crippen molar-refractivity contribution in [2.75, 3.05) is 5.75 Å². The van der Waals surface area contributed by atoms with E-state index in [4.69, 9.17) is 0 Å². The molecule has 0 saturated carbocycles. The lowest BCUT2D eigenvalue weighted by atomic mass is 10.0. The van der Waals surface area contributed by atoms with E-state index in [0.717, 1.165) is 12.2 Å². The fraction of sp³-hybridized carbons (Fsp3) is 0.571. The summed E-state index contributed by atoms with van der Waals surface area (Å²) in [4.78, 5) is 0. The summed E-state index contributed by atoms with van der Waals surface area (Å²) in [5.41, 5.74) is 3.82. The second-order valence-electron chi connectivity index (χ2n) is 4.67. The molecule has 0 saturated heterocycles. The number of aryl methyl sites for hydroxylation is 2. The first-order chi connectivity index (χ1) is 7.49. The number of aliphatic hydroxyl groups excluding tert-OH is 1. The molecule has 1 atom stereocenters. The highest BCUT2D eigenvalue weighted by Gasteiger charge is 2.09. The number of rotatable bonds is 5. The molecular weight excluding hydrogens is 216 g/mol. The molecule has 0 bridgehead atoms. The van der Waals surface area contributed by atoms with Gasteiger partial charge in [0.25, 0.3) is 0 Å². The topological polar surface area (TPSA) is 20.2 Å². The Bertz CT molecular complexity index is 334. The van der Waals surface area contributed by atoms with Crippen molar-refractivity contribution in [3.05, 3.63) is 34.9 Å². The van der Waals surface area contributed by atoms with Crippen LogP contribution in [0.15, 0.2) is 18.2 Å². The Kier molecular flexibility index (Phi) is 5.36. The SMILES string of the molecule is Cc1ccc(C)c(CC(O)CSC(C)C)c1. The number of benzene rings is 1. The molecular formula is C14H22OS. The van der Waals surface area contributed by atoms with E-state index in [-0.39, 0.29) is 6.10 Å². The van der Waals surface area contributed by atoms with Gasteiger partial charge in [0.05, 0.1) is 6.10 Å². The summed E-state index contributed by atoms with van der Waals surface area (Å²) < 4.78 is 0. The van der Waals surface area contributed by atoms with Crippen LogP contribution in [0.25, 0.3) is 0 Å². The van der Waals surface area contributed by atoms with Gasteiger partial charge in [-0.05, 0) is 36.6 Å². The minimum atomic E-state index is -0.229. The fourth-order valence-corrected chi connectivity index (χ4v) is 2.36.